The highest BCUT2D eigenvalue weighted by Gasteiger charge is 2.55. The Kier molecular flexibility index (Phi) is 12.1. The smallest absolute Gasteiger partial charge is 0.192 e. The molecule has 248 valence electrons. The van der Waals surface area contributed by atoms with Crippen LogP contribution in [0, 0.1) is 23.2 Å². The summed E-state index contributed by atoms with van der Waals surface area (Å²) < 4.78 is 41.8. The van der Waals surface area contributed by atoms with Gasteiger partial charge in [0.15, 0.2) is 26.5 Å². The van der Waals surface area contributed by atoms with Crippen LogP contribution in [0.25, 0.3) is 0 Å². The highest BCUT2D eigenvalue weighted by atomic mass is 32.2. The van der Waals surface area contributed by atoms with Gasteiger partial charge in [-0.25, -0.2) is 8.42 Å². The second-order valence-corrected chi connectivity index (χ2v) is 27.9. The van der Waals surface area contributed by atoms with Crippen LogP contribution in [0.15, 0.2) is 35.2 Å². The molecule has 5 atom stereocenters. The fourth-order valence-corrected chi connectivity index (χ4v) is 14.8. The van der Waals surface area contributed by atoms with E-state index in [9.17, 15) is 8.42 Å². The Morgan fingerprint density at radius 1 is 0.953 bits per heavy atom. The molecule has 0 N–H and O–H groups in total. The van der Waals surface area contributed by atoms with E-state index in [2.05, 4.69) is 75.4 Å². The number of rotatable bonds is 15. The number of hydrogen-bond donors (Lipinski definition) is 0. The maximum absolute atomic E-state index is 13.9. The van der Waals surface area contributed by atoms with E-state index in [0.29, 0.717) is 22.8 Å². The molecular formula is C36H66O4SSi2. The highest BCUT2D eigenvalue weighted by Crippen LogP contribution is 2.60. The molecule has 0 radical (unpaired) electrons. The van der Waals surface area contributed by atoms with Gasteiger partial charge in [-0.05, 0) is 124 Å². The van der Waals surface area contributed by atoms with Gasteiger partial charge in [-0.1, -0.05) is 79.5 Å². The van der Waals surface area contributed by atoms with E-state index in [1.807, 2.05) is 18.2 Å². The average molecular weight is 651 g/mol. The predicted octanol–water partition coefficient (Wildman–Crippen LogP) is 10.7. The molecule has 2 fully saturated rings. The molecule has 0 spiro atoms. The van der Waals surface area contributed by atoms with Gasteiger partial charge in [0, 0.05) is 6.10 Å². The van der Waals surface area contributed by atoms with Crippen molar-refractivity contribution in [3.05, 3.63) is 30.3 Å². The molecule has 0 bridgehead atoms. The van der Waals surface area contributed by atoms with Crippen molar-refractivity contribution < 1.29 is 17.3 Å². The van der Waals surface area contributed by atoms with Crippen LogP contribution in [-0.4, -0.2) is 42.5 Å². The molecule has 2 aliphatic rings. The minimum Gasteiger partial charge on any atom is -0.414 e. The molecule has 0 amide bonds. The van der Waals surface area contributed by atoms with Gasteiger partial charge in [-0.2, -0.15) is 0 Å². The Morgan fingerprint density at radius 2 is 1.56 bits per heavy atom. The summed E-state index contributed by atoms with van der Waals surface area (Å²) in [4.78, 5) is 0.468. The second kappa shape index (κ2) is 14.1. The lowest BCUT2D eigenvalue weighted by atomic mass is 9.61. The maximum Gasteiger partial charge on any atom is 0.192 e. The third kappa shape index (κ3) is 8.66. The van der Waals surface area contributed by atoms with Crippen LogP contribution in [0.2, 0.25) is 36.3 Å². The van der Waals surface area contributed by atoms with Crippen LogP contribution in [0.3, 0.4) is 0 Å². The van der Waals surface area contributed by atoms with E-state index in [1.165, 1.54) is 12.8 Å². The minimum absolute atomic E-state index is 0.128. The van der Waals surface area contributed by atoms with Crippen molar-refractivity contribution in [1.29, 1.82) is 0 Å². The van der Waals surface area contributed by atoms with Crippen molar-refractivity contribution >= 4 is 26.5 Å². The third-order valence-corrected chi connectivity index (χ3v) is 23.5. The predicted molar refractivity (Wildman–Crippen MR) is 188 cm³/mol. The molecule has 2 unspecified atom stereocenters. The Balaban J connectivity index is 1.85. The minimum atomic E-state index is -3.38. The quantitative estimate of drug-likeness (QED) is 0.177. The van der Waals surface area contributed by atoms with Crippen LogP contribution in [-0.2, 0) is 18.7 Å². The molecule has 3 rings (SSSR count). The van der Waals surface area contributed by atoms with Gasteiger partial charge < -0.3 is 8.85 Å². The van der Waals surface area contributed by atoms with E-state index in [4.69, 9.17) is 8.85 Å². The first kappa shape index (κ1) is 37.0. The standard InChI is InChI=1S/C36H66O4SSi2/c1-12-43(13-2,14-3)40-35(7,8)26-18-20-29(28-41(37,38)30-21-16-15-17-22-30)31-24-25-32-33(23-19-27-36(31,32)9)39-42(10,11)34(4,5)6/h15-17,21-22,29,31-33H,12-14,18-20,23-28H2,1-11H3/t29-,31?,32?,33-,36+/m0/s1. The lowest BCUT2D eigenvalue weighted by Crippen LogP contribution is -2.50. The van der Waals surface area contributed by atoms with Crippen molar-refractivity contribution in [3.63, 3.8) is 0 Å². The van der Waals surface area contributed by atoms with Crippen molar-refractivity contribution in [1.82, 2.24) is 0 Å². The normalized spacial score (nSPS) is 26.3. The molecule has 0 aliphatic heterocycles. The summed E-state index contributed by atoms with van der Waals surface area (Å²) in [5.41, 5.74) is -0.0466. The van der Waals surface area contributed by atoms with Crippen LogP contribution in [0.1, 0.15) is 114 Å². The Hall–Kier alpha value is -0.476. The van der Waals surface area contributed by atoms with Crippen LogP contribution in [0.5, 0.6) is 0 Å². The second-order valence-electron chi connectivity index (χ2n) is 16.5. The molecule has 0 saturated heterocycles. The lowest BCUT2D eigenvalue weighted by molar-refractivity contribution is -0.0214. The first-order valence-corrected chi connectivity index (χ1v) is 24.6. The molecule has 4 nitrogen and oxygen atoms in total. The SMILES string of the molecule is CC[Si](CC)(CC)OC(C)(C)CCC[C@@H](CS(=O)(=O)c1ccccc1)C1CCC2[C@@H](O[Si](C)(C)C(C)(C)C)CCC[C@]12C. The largest absolute Gasteiger partial charge is 0.414 e. The van der Waals surface area contributed by atoms with Gasteiger partial charge >= 0.3 is 0 Å². The Morgan fingerprint density at radius 3 is 2.12 bits per heavy atom. The summed E-state index contributed by atoms with van der Waals surface area (Å²) in [6.07, 6.45) is 9.03. The summed E-state index contributed by atoms with van der Waals surface area (Å²) in [6, 6.07) is 12.6. The molecule has 0 heterocycles. The zero-order valence-electron chi connectivity index (χ0n) is 29.7. The molecular weight excluding hydrogens is 585 g/mol. The number of hydrogen-bond acceptors (Lipinski definition) is 4. The van der Waals surface area contributed by atoms with Crippen LogP contribution >= 0.6 is 0 Å². The summed E-state index contributed by atoms with van der Waals surface area (Å²) in [5, 5.41) is 0.188. The summed E-state index contributed by atoms with van der Waals surface area (Å²) in [6.45, 7) is 25.7. The third-order valence-electron chi connectivity index (χ3n) is 12.3. The topological polar surface area (TPSA) is 52.6 Å². The first-order chi connectivity index (χ1) is 19.9. The van der Waals surface area contributed by atoms with E-state index >= 15 is 0 Å². The number of fused-ring (bicyclic) bond motifs is 1. The van der Waals surface area contributed by atoms with Crippen molar-refractivity contribution in [2.75, 3.05) is 5.75 Å². The molecule has 2 saturated carbocycles. The van der Waals surface area contributed by atoms with Gasteiger partial charge in [0.05, 0.1) is 16.2 Å². The maximum atomic E-state index is 13.9. The van der Waals surface area contributed by atoms with Gasteiger partial charge in [0.25, 0.3) is 0 Å². The molecule has 2 aliphatic carbocycles. The zero-order chi connectivity index (χ0) is 32.3. The summed E-state index contributed by atoms with van der Waals surface area (Å²) >= 11 is 0. The van der Waals surface area contributed by atoms with Gasteiger partial charge in [-0.15, -0.1) is 0 Å². The summed E-state index contributed by atoms with van der Waals surface area (Å²) in [7, 11) is -6.99. The summed E-state index contributed by atoms with van der Waals surface area (Å²) in [5.74, 6) is 1.32. The highest BCUT2D eigenvalue weighted by molar-refractivity contribution is 7.91. The lowest BCUT2D eigenvalue weighted by Gasteiger charge is -2.50. The van der Waals surface area contributed by atoms with Crippen molar-refractivity contribution in [3.8, 4) is 0 Å². The molecule has 1 aromatic carbocycles. The van der Waals surface area contributed by atoms with Crippen molar-refractivity contribution in [2.45, 2.75) is 167 Å². The molecule has 7 heteroatoms. The first-order valence-electron chi connectivity index (χ1n) is 17.5. The number of benzene rings is 1. The van der Waals surface area contributed by atoms with Gasteiger partial charge in [0.1, 0.15) is 0 Å². The van der Waals surface area contributed by atoms with Crippen LogP contribution < -0.4 is 0 Å². The molecule has 43 heavy (non-hydrogen) atoms. The van der Waals surface area contributed by atoms with Crippen LogP contribution in [0.4, 0.5) is 0 Å². The zero-order valence-corrected chi connectivity index (χ0v) is 32.5. The van der Waals surface area contributed by atoms with E-state index in [-0.39, 0.29) is 27.7 Å². The van der Waals surface area contributed by atoms with E-state index in [1.54, 1.807) is 12.1 Å². The number of sulfone groups is 1. The molecule has 1 aromatic rings. The van der Waals surface area contributed by atoms with E-state index in [0.717, 1.165) is 56.7 Å². The molecule has 0 aromatic heterocycles. The van der Waals surface area contributed by atoms with Gasteiger partial charge in [-0.3, -0.25) is 0 Å². The fraction of sp³-hybridized carbons (Fsp3) is 0.833. The van der Waals surface area contributed by atoms with Gasteiger partial charge in [0.2, 0.25) is 0 Å². The van der Waals surface area contributed by atoms with Crippen molar-refractivity contribution in [2.24, 2.45) is 23.2 Å². The Labute approximate surface area is 268 Å². The Bertz CT molecular complexity index is 1120. The fourth-order valence-electron chi connectivity index (χ4n) is 8.43. The monoisotopic (exact) mass is 650 g/mol. The average Bonchev–Trinajstić information content (AvgIpc) is 3.28. The van der Waals surface area contributed by atoms with E-state index < -0.39 is 26.5 Å².